The summed E-state index contributed by atoms with van der Waals surface area (Å²) in [6.45, 7) is 2.31. The first-order valence-corrected chi connectivity index (χ1v) is 8.70. The molecule has 6 heteroatoms. The van der Waals surface area contributed by atoms with Crippen LogP contribution in [-0.4, -0.2) is 25.0 Å². The van der Waals surface area contributed by atoms with Gasteiger partial charge in [0.05, 0.1) is 0 Å². The van der Waals surface area contributed by atoms with E-state index < -0.39 is 6.04 Å². The maximum atomic E-state index is 12.5. The van der Waals surface area contributed by atoms with E-state index in [1.165, 1.54) is 0 Å². The van der Waals surface area contributed by atoms with Gasteiger partial charge in [0.1, 0.15) is 6.04 Å². The molecule has 0 bridgehead atoms. The van der Waals surface area contributed by atoms with Gasteiger partial charge in [-0.25, -0.2) is 4.79 Å². The molecule has 0 saturated heterocycles. The Kier molecular flexibility index (Phi) is 5.23. The summed E-state index contributed by atoms with van der Waals surface area (Å²) in [7, 11) is 1.73. The Bertz CT molecular complexity index is 802. The van der Waals surface area contributed by atoms with Crippen LogP contribution in [0.25, 0.3) is 0 Å². The molecule has 0 spiro atoms. The average Bonchev–Trinajstić information content (AvgIpc) is 2.64. The summed E-state index contributed by atoms with van der Waals surface area (Å²) >= 11 is 0. The van der Waals surface area contributed by atoms with Gasteiger partial charge in [0.15, 0.2) is 0 Å². The zero-order valence-electron chi connectivity index (χ0n) is 15.0. The normalized spacial score (nSPS) is 17.4. The standard InChI is InChI=1S/C20H24N4O2/c1-13(21)15-9-7-14(8-10-15)12-22-20(26)23-17-11-16-5-3-4-6-18(16)24(2)19(17)25/h3-10,13,17H,11-12,21H2,1-2H3,(H2,22,23,26). The number of nitrogens with two attached hydrogens (primary N) is 1. The number of para-hydroxylation sites is 1. The van der Waals surface area contributed by atoms with Crippen molar-refractivity contribution in [3.8, 4) is 0 Å². The summed E-state index contributed by atoms with van der Waals surface area (Å²) in [6.07, 6.45) is 0.496. The number of carbonyl (C=O) groups is 2. The first-order chi connectivity index (χ1) is 12.5. The van der Waals surface area contributed by atoms with E-state index in [1.807, 2.05) is 55.5 Å². The number of hydrogen-bond acceptors (Lipinski definition) is 3. The van der Waals surface area contributed by atoms with Crippen molar-refractivity contribution in [2.45, 2.75) is 32.0 Å². The van der Waals surface area contributed by atoms with Crippen molar-refractivity contribution < 1.29 is 9.59 Å². The molecular formula is C20H24N4O2. The van der Waals surface area contributed by atoms with Crippen LogP contribution in [0.4, 0.5) is 10.5 Å². The lowest BCUT2D eigenvalue weighted by molar-refractivity contribution is -0.120. The Balaban J connectivity index is 1.57. The molecule has 2 atom stereocenters. The van der Waals surface area contributed by atoms with Gasteiger partial charge in [0, 0.05) is 31.7 Å². The minimum atomic E-state index is -0.560. The fraction of sp³-hybridized carbons (Fsp3) is 0.300. The Morgan fingerprint density at radius 1 is 1.23 bits per heavy atom. The lowest BCUT2D eigenvalue weighted by Gasteiger charge is -2.31. The number of carbonyl (C=O) groups excluding carboxylic acids is 2. The van der Waals surface area contributed by atoms with E-state index >= 15 is 0 Å². The van der Waals surface area contributed by atoms with Crippen molar-refractivity contribution >= 4 is 17.6 Å². The molecule has 2 unspecified atom stereocenters. The summed E-state index contributed by atoms with van der Waals surface area (Å²) in [4.78, 5) is 26.3. The fourth-order valence-corrected chi connectivity index (χ4v) is 3.11. The zero-order valence-corrected chi connectivity index (χ0v) is 15.0. The highest BCUT2D eigenvalue weighted by Crippen LogP contribution is 2.26. The van der Waals surface area contributed by atoms with Crippen molar-refractivity contribution in [3.63, 3.8) is 0 Å². The van der Waals surface area contributed by atoms with Crippen LogP contribution in [0.1, 0.15) is 29.7 Å². The number of amides is 3. The van der Waals surface area contributed by atoms with Gasteiger partial charge in [-0.05, 0) is 29.7 Å². The number of fused-ring (bicyclic) bond motifs is 1. The molecule has 2 aromatic rings. The molecule has 6 nitrogen and oxygen atoms in total. The van der Waals surface area contributed by atoms with Gasteiger partial charge in [-0.3, -0.25) is 4.79 Å². The van der Waals surface area contributed by atoms with E-state index in [-0.39, 0.29) is 18.0 Å². The molecule has 26 heavy (non-hydrogen) atoms. The molecule has 136 valence electrons. The SMILES string of the molecule is CC(N)c1ccc(CNC(=O)NC2Cc3ccccc3N(C)C2=O)cc1. The highest BCUT2D eigenvalue weighted by atomic mass is 16.2. The number of anilines is 1. The molecule has 0 fully saturated rings. The third-order valence-corrected chi connectivity index (χ3v) is 4.67. The van der Waals surface area contributed by atoms with Gasteiger partial charge in [0.25, 0.3) is 0 Å². The maximum absolute atomic E-state index is 12.5. The third-order valence-electron chi connectivity index (χ3n) is 4.67. The fourth-order valence-electron chi connectivity index (χ4n) is 3.11. The van der Waals surface area contributed by atoms with Gasteiger partial charge in [-0.1, -0.05) is 42.5 Å². The van der Waals surface area contributed by atoms with Crippen molar-refractivity contribution in [3.05, 3.63) is 65.2 Å². The van der Waals surface area contributed by atoms with Crippen molar-refractivity contribution in [1.29, 1.82) is 0 Å². The third kappa shape index (κ3) is 3.86. The monoisotopic (exact) mass is 352 g/mol. The van der Waals surface area contributed by atoms with Crippen molar-refractivity contribution in [2.75, 3.05) is 11.9 Å². The Labute approximate surface area is 153 Å². The largest absolute Gasteiger partial charge is 0.334 e. The molecule has 1 heterocycles. The lowest BCUT2D eigenvalue weighted by Crippen LogP contribution is -2.53. The Morgan fingerprint density at radius 3 is 2.62 bits per heavy atom. The number of urea groups is 1. The maximum Gasteiger partial charge on any atom is 0.315 e. The van der Waals surface area contributed by atoms with E-state index in [2.05, 4.69) is 10.6 Å². The molecule has 1 aliphatic rings. The van der Waals surface area contributed by atoms with Gasteiger partial charge >= 0.3 is 6.03 Å². The van der Waals surface area contributed by atoms with E-state index in [0.29, 0.717) is 13.0 Å². The van der Waals surface area contributed by atoms with Crippen LogP contribution >= 0.6 is 0 Å². The molecule has 3 amide bonds. The molecule has 0 aliphatic carbocycles. The van der Waals surface area contributed by atoms with Gasteiger partial charge in [-0.15, -0.1) is 0 Å². The number of rotatable bonds is 4. The second-order valence-corrected chi connectivity index (χ2v) is 6.64. The predicted molar refractivity (Wildman–Crippen MR) is 102 cm³/mol. The number of likely N-dealkylation sites (N-methyl/N-ethyl adjacent to an activating group) is 1. The molecule has 3 rings (SSSR count). The number of nitrogens with zero attached hydrogens (tertiary/aromatic N) is 1. The van der Waals surface area contributed by atoms with Crippen LogP contribution in [0.2, 0.25) is 0 Å². The van der Waals surface area contributed by atoms with Gasteiger partial charge < -0.3 is 21.3 Å². The van der Waals surface area contributed by atoms with E-state index in [1.54, 1.807) is 11.9 Å². The molecule has 0 radical (unpaired) electrons. The van der Waals surface area contributed by atoms with Crippen molar-refractivity contribution in [2.24, 2.45) is 5.73 Å². The number of hydrogen-bond donors (Lipinski definition) is 3. The Hall–Kier alpha value is -2.86. The quantitative estimate of drug-likeness (QED) is 0.787. The lowest BCUT2D eigenvalue weighted by atomic mass is 9.98. The van der Waals surface area contributed by atoms with E-state index in [9.17, 15) is 9.59 Å². The second-order valence-electron chi connectivity index (χ2n) is 6.64. The molecule has 1 aliphatic heterocycles. The first-order valence-electron chi connectivity index (χ1n) is 8.70. The molecule has 4 N–H and O–H groups in total. The van der Waals surface area contributed by atoms with Crippen LogP contribution < -0.4 is 21.3 Å². The topological polar surface area (TPSA) is 87.5 Å². The second kappa shape index (κ2) is 7.58. The summed E-state index contributed by atoms with van der Waals surface area (Å²) in [5.41, 5.74) is 9.80. The number of nitrogens with one attached hydrogen (secondary N) is 2. The molecule has 0 saturated carbocycles. The van der Waals surface area contributed by atoms with Crippen molar-refractivity contribution in [1.82, 2.24) is 10.6 Å². The first kappa shape index (κ1) is 17.9. The highest BCUT2D eigenvalue weighted by Gasteiger charge is 2.31. The summed E-state index contributed by atoms with van der Waals surface area (Å²) in [5.74, 6) is -0.111. The van der Waals surface area contributed by atoms with Gasteiger partial charge in [0.2, 0.25) is 5.91 Å². The minimum absolute atomic E-state index is 0.0162. The number of benzene rings is 2. The molecular weight excluding hydrogens is 328 g/mol. The Morgan fingerprint density at radius 2 is 1.92 bits per heavy atom. The summed E-state index contributed by atoms with van der Waals surface area (Å²) in [6, 6.07) is 14.6. The summed E-state index contributed by atoms with van der Waals surface area (Å²) < 4.78 is 0. The molecule has 0 aromatic heterocycles. The highest BCUT2D eigenvalue weighted by molar-refractivity contribution is 6.01. The predicted octanol–water partition coefficient (Wildman–Crippen LogP) is 2.09. The van der Waals surface area contributed by atoms with E-state index in [4.69, 9.17) is 5.73 Å². The minimum Gasteiger partial charge on any atom is -0.334 e. The van der Waals surface area contributed by atoms with Crippen LogP contribution in [0, 0.1) is 0 Å². The van der Waals surface area contributed by atoms with Crippen LogP contribution in [0.5, 0.6) is 0 Å². The average molecular weight is 352 g/mol. The molecule has 2 aromatic carbocycles. The van der Waals surface area contributed by atoms with Crippen LogP contribution in [-0.2, 0) is 17.8 Å². The smallest absolute Gasteiger partial charge is 0.315 e. The summed E-state index contributed by atoms with van der Waals surface area (Å²) in [5, 5.41) is 5.58. The van der Waals surface area contributed by atoms with Gasteiger partial charge in [-0.2, -0.15) is 0 Å². The van der Waals surface area contributed by atoms with E-state index in [0.717, 1.165) is 22.4 Å². The van der Waals surface area contributed by atoms with Crippen LogP contribution in [0.3, 0.4) is 0 Å². The zero-order chi connectivity index (χ0) is 18.7. The van der Waals surface area contributed by atoms with Crippen LogP contribution in [0.15, 0.2) is 48.5 Å².